The van der Waals surface area contributed by atoms with Gasteiger partial charge in [-0.15, -0.1) is 0 Å². The van der Waals surface area contributed by atoms with Crippen molar-refractivity contribution in [1.29, 1.82) is 0 Å². The van der Waals surface area contributed by atoms with E-state index in [9.17, 15) is 9.18 Å². The standard InChI is InChI=1S/C15H20FNO/c1-11(2)14-4-3-9-17(14)10-15(18)12-5-7-13(16)8-6-12/h5-8,11,14H,3-4,9-10H2,1-2H3. The lowest BCUT2D eigenvalue weighted by atomic mass is 10.0. The molecule has 1 aliphatic rings. The van der Waals surface area contributed by atoms with Gasteiger partial charge in [-0.05, 0) is 49.6 Å². The molecule has 0 aromatic heterocycles. The van der Waals surface area contributed by atoms with E-state index in [0.717, 1.165) is 6.54 Å². The molecule has 1 aromatic carbocycles. The summed E-state index contributed by atoms with van der Waals surface area (Å²) in [4.78, 5) is 14.4. The van der Waals surface area contributed by atoms with Gasteiger partial charge in [0.1, 0.15) is 5.82 Å². The zero-order chi connectivity index (χ0) is 13.1. The maximum Gasteiger partial charge on any atom is 0.176 e. The summed E-state index contributed by atoms with van der Waals surface area (Å²) < 4.78 is 12.8. The lowest BCUT2D eigenvalue weighted by molar-refractivity contribution is 0.0904. The van der Waals surface area contributed by atoms with Gasteiger partial charge in [-0.3, -0.25) is 9.69 Å². The molecule has 0 saturated carbocycles. The van der Waals surface area contributed by atoms with Gasteiger partial charge in [0.15, 0.2) is 5.78 Å². The van der Waals surface area contributed by atoms with Crippen LogP contribution < -0.4 is 0 Å². The second-order valence-corrected chi connectivity index (χ2v) is 5.35. The topological polar surface area (TPSA) is 20.3 Å². The number of carbonyl (C=O) groups is 1. The van der Waals surface area contributed by atoms with Crippen molar-refractivity contribution in [1.82, 2.24) is 4.90 Å². The lowest BCUT2D eigenvalue weighted by Crippen LogP contribution is -2.37. The van der Waals surface area contributed by atoms with Crippen LogP contribution in [0.25, 0.3) is 0 Å². The molecule has 18 heavy (non-hydrogen) atoms. The molecular formula is C15H20FNO. The molecule has 1 heterocycles. The monoisotopic (exact) mass is 249 g/mol. The van der Waals surface area contributed by atoms with Crippen molar-refractivity contribution in [3.63, 3.8) is 0 Å². The number of nitrogens with zero attached hydrogens (tertiary/aromatic N) is 1. The number of benzene rings is 1. The van der Waals surface area contributed by atoms with Crippen LogP contribution in [0.1, 0.15) is 37.0 Å². The largest absolute Gasteiger partial charge is 0.293 e. The molecule has 1 fully saturated rings. The van der Waals surface area contributed by atoms with E-state index >= 15 is 0 Å². The van der Waals surface area contributed by atoms with Crippen LogP contribution in [0.5, 0.6) is 0 Å². The molecule has 1 aromatic rings. The van der Waals surface area contributed by atoms with E-state index in [1.54, 1.807) is 12.1 Å². The van der Waals surface area contributed by atoms with Crippen molar-refractivity contribution in [3.8, 4) is 0 Å². The van der Waals surface area contributed by atoms with Crippen molar-refractivity contribution in [2.75, 3.05) is 13.1 Å². The molecule has 0 amide bonds. The van der Waals surface area contributed by atoms with Gasteiger partial charge in [-0.1, -0.05) is 13.8 Å². The highest BCUT2D eigenvalue weighted by atomic mass is 19.1. The molecule has 0 N–H and O–H groups in total. The van der Waals surface area contributed by atoms with Gasteiger partial charge in [0, 0.05) is 11.6 Å². The fraction of sp³-hybridized carbons (Fsp3) is 0.533. The number of hydrogen-bond donors (Lipinski definition) is 0. The van der Waals surface area contributed by atoms with Crippen molar-refractivity contribution in [2.24, 2.45) is 5.92 Å². The van der Waals surface area contributed by atoms with E-state index in [1.165, 1.54) is 25.0 Å². The number of ketones is 1. The number of Topliss-reactive ketones (excluding diaryl/α,β-unsaturated/α-hetero) is 1. The Morgan fingerprint density at radius 3 is 2.67 bits per heavy atom. The highest BCUT2D eigenvalue weighted by molar-refractivity contribution is 5.97. The molecule has 2 nitrogen and oxygen atoms in total. The summed E-state index contributed by atoms with van der Waals surface area (Å²) in [6, 6.07) is 6.33. The maximum atomic E-state index is 12.8. The molecule has 1 aliphatic heterocycles. The van der Waals surface area contributed by atoms with Gasteiger partial charge in [0.05, 0.1) is 6.54 Å². The number of carbonyl (C=O) groups excluding carboxylic acids is 1. The molecule has 1 unspecified atom stereocenters. The predicted octanol–water partition coefficient (Wildman–Crippen LogP) is 3.13. The summed E-state index contributed by atoms with van der Waals surface area (Å²) in [5.41, 5.74) is 0.603. The van der Waals surface area contributed by atoms with E-state index in [2.05, 4.69) is 18.7 Å². The van der Waals surface area contributed by atoms with Crippen LogP contribution in [0.4, 0.5) is 4.39 Å². The summed E-state index contributed by atoms with van der Waals surface area (Å²) >= 11 is 0. The van der Waals surface area contributed by atoms with E-state index in [4.69, 9.17) is 0 Å². The molecule has 0 spiro atoms. The van der Waals surface area contributed by atoms with Gasteiger partial charge in [0.25, 0.3) is 0 Å². The summed E-state index contributed by atoms with van der Waals surface area (Å²) in [7, 11) is 0. The van der Waals surface area contributed by atoms with Crippen LogP contribution in [0.2, 0.25) is 0 Å². The van der Waals surface area contributed by atoms with Crippen LogP contribution in [-0.2, 0) is 0 Å². The number of halogens is 1. The fourth-order valence-corrected chi connectivity index (χ4v) is 2.71. The molecule has 98 valence electrons. The lowest BCUT2D eigenvalue weighted by Gasteiger charge is -2.26. The van der Waals surface area contributed by atoms with Crippen LogP contribution in [-0.4, -0.2) is 29.8 Å². The van der Waals surface area contributed by atoms with Crippen LogP contribution in [0, 0.1) is 11.7 Å². The first-order chi connectivity index (χ1) is 8.58. The highest BCUT2D eigenvalue weighted by Gasteiger charge is 2.28. The van der Waals surface area contributed by atoms with Crippen LogP contribution >= 0.6 is 0 Å². The maximum absolute atomic E-state index is 12.8. The minimum atomic E-state index is -0.298. The summed E-state index contributed by atoms with van der Waals surface area (Å²) in [5.74, 6) is 0.365. The van der Waals surface area contributed by atoms with Crippen molar-refractivity contribution in [3.05, 3.63) is 35.6 Å². The Morgan fingerprint density at radius 1 is 1.39 bits per heavy atom. The summed E-state index contributed by atoms with van der Waals surface area (Å²) in [5, 5.41) is 0. The Hall–Kier alpha value is -1.22. The van der Waals surface area contributed by atoms with Crippen LogP contribution in [0.15, 0.2) is 24.3 Å². The summed E-state index contributed by atoms with van der Waals surface area (Å²) in [6.07, 6.45) is 2.34. The highest BCUT2D eigenvalue weighted by Crippen LogP contribution is 2.23. The third-order valence-electron chi connectivity index (χ3n) is 3.70. The minimum Gasteiger partial charge on any atom is -0.293 e. The second-order valence-electron chi connectivity index (χ2n) is 5.35. The zero-order valence-electron chi connectivity index (χ0n) is 11.0. The van der Waals surface area contributed by atoms with E-state index in [-0.39, 0.29) is 11.6 Å². The predicted molar refractivity (Wildman–Crippen MR) is 70.2 cm³/mol. The molecule has 0 aliphatic carbocycles. The molecule has 0 bridgehead atoms. The molecule has 0 radical (unpaired) electrons. The molecule has 2 rings (SSSR count). The second kappa shape index (κ2) is 5.61. The Bertz CT molecular complexity index is 413. The van der Waals surface area contributed by atoms with Crippen LogP contribution in [0.3, 0.4) is 0 Å². The first kappa shape index (κ1) is 13.2. The number of hydrogen-bond acceptors (Lipinski definition) is 2. The smallest absolute Gasteiger partial charge is 0.176 e. The molecule has 1 saturated heterocycles. The van der Waals surface area contributed by atoms with E-state index in [1.807, 2.05) is 0 Å². The van der Waals surface area contributed by atoms with Gasteiger partial charge in [-0.25, -0.2) is 4.39 Å². The average Bonchev–Trinajstić information content (AvgIpc) is 2.78. The van der Waals surface area contributed by atoms with Crippen molar-refractivity contribution in [2.45, 2.75) is 32.7 Å². The van der Waals surface area contributed by atoms with Crippen molar-refractivity contribution >= 4 is 5.78 Å². The van der Waals surface area contributed by atoms with Gasteiger partial charge in [0.2, 0.25) is 0 Å². The molecule has 1 atom stereocenters. The fourth-order valence-electron chi connectivity index (χ4n) is 2.71. The Balaban J connectivity index is 2.01. The first-order valence-electron chi connectivity index (χ1n) is 6.60. The number of rotatable bonds is 4. The Labute approximate surface area is 108 Å². The summed E-state index contributed by atoms with van der Waals surface area (Å²) in [6.45, 7) is 5.85. The zero-order valence-corrected chi connectivity index (χ0v) is 11.0. The normalized spacial score (nSPS) is 20.6. The average molecular weight is 249 g/mol. The Kier molecular flexibility index (Phi) is 4.12. The first-order valence-corrected chi connectivity index (χ1v) is 6.60. The van der Waals surface area contributed by atoms with E-state index < -0.39 is 0 Å². The number of likely N-dealkylation sites (tertiary alicyclic amines) is 1. The quantitative estimate of drug-likeness (QED) is 0.764. The Morgan fingerprint density at radius 2 is 2.06 bits per heavy atom. The third kappa shape index (κ3) is 2.96. The van der Waals surface area contributed by atoms with E-state index in [0.29, 0.717) is 24.1 Å². The van der Waals surface area contributed by atoms with Crippen molar-refractivity contribution < 1.29 is 9.18 Å². The van der Waals surface area contributed by atoms with Gasteiger partial charge in [-0.2, -0.15) is 0 Å². The minimum absolute atomic E-state index is 0.0857. The SMILES string of the molecule is CC(C)C1CCCN1CC(=O)c1ccc(F)cc1. The molecule has 3 heteroatoms. The molecular weight excluding hydrogens is 229 g/mol. The van der Waals surface area contributed by atoms with Gasteiger partial charge >= 0.3 is 0 Å². The third-order valence-corrected chi connectivity index (χ3v) is 3.70. The van der Waals surface area contributed by atoms with Gasteiger partial charge < -0.3 is 0 Å².